The third-order valence-corrected chi connectivity index (χ3v) is 6.02. The quantitative estimate of drug-likeness (QED) is 0.846. The number of rotatable bonds is 5. The van der Waals surface area contributed by atoms with Crippen molar-refractivity contribution in [3.05, 3.63) is 54.1 Å². The summed E-state index contributed by atoms with van der Waals surface area (Å²) in [4.78, 5) is 0. The Hall–Kier alpha value is -1.56. The van der Waals surface area contributed by atoms with Crippen LogP contribution in [0.2, 0.25) is 0 Å². The lowest BCUT2D eigenvalue weighted by atomic mass is 10.0. The van der Waals surface area contributed by atoms with Gasteiger partial charge in [0.2, 0.25) is 10.0 Å². The maximum atomic E-state index is 12.0. The van der Waals surface area contributed by atoms with E-state index in [9.17, 15) is 8.42 Å². The third kappa shape index (κ3) is 4.09. The van der Waals surface area contributed by atoms with E-state index < -0.39 is 15.3 Å². The molecule has 130 valence electrons. The normalized spacial score (nSPS) is 19.7. The molecule has 1 aliphatic carbocycles. The molecule has 0 aliphatic heterocycles. The Morgan fingerprint density at radius 1 is 1.08 bits per heavy atom. The van der Waals surface area contributed by atoms with Gasteiger partial charge in [-0.25, -0.2) is 8.42 Å². The number of anilines is 1. The van der Waals surface area contributed by atoms with Crippen LogP contribution in [0.25, 0.3) is 11.1 Å². The zero-order valence-corrected chi connectivity index (χ0v) is 15.4. The van der Waals surface area contributed by atoms with Gasteiger partial charge in [-0.05, 0) is 49.1 Å². The van der Waals surface area contributed by atoms with Gasteiger partial charge in [0.15, 0.2) is 0 Å². The van der Waals surface area contributed by atoms with Crippen LogP contribution in [-0.2, 0) is 10.0 Å². The highest BCUT2D eigenvalue weighted by atomic mass is 35.5. The summed E-state index contributed by atoms with van der Waals surface area (Å²) in [5.41, 5.74) is 9.80. The first kappa shape index (κ1) is 18.8. The summed E-state index contributed by atoms with van der Waals surface area (Å²) in [5.74, 6) is 0.494. The Morgan fingerprint density at radius 2 is 1.71 bits per heavy atom. The molecule has 0 saturated heterocycles. The van der Waals surface area contributed by atoms with Crippen molar-refractivity contribution in [2.45, 2.75) is 37.5 Å². The molecule has 1 fully saturated rings. The topological polar surface area (TPSA) is 72.2 Å². The van der Waals surface area contributed by atoms with Crippen molar-refractivity contribution in [2.24, 2.45) is 5.73 Å². The smallest absolute Gasteiger partial charge is 0.235 e. The number of nitrogens with one attached hydrogen (secondary N) is 1. The number of hydrogen-bond donors (Lipinski definition) is 2. The summed E-state index contributed by atoms with van der Waals surface area (Å²) < 4.78 is 26.6. The molecule has 4 nitrogen and oxygen atoms in total. The minimum absolute atomic E-state index is 0. The zero-order chi connectivity index (χ0) is 16.6. The van der Waals surface area contributed by atoms with Crippen molar-refractivity contribution in [3.63, 3.8) is 0 Å². The molecule has 0 radical (unpaired) electrons. The van der Waals surface area contributed by atoms with Crippen LogP contribution in [0, 0.1) is 0 Å². The van der Waals surface area contributed by atoms with Gasteiger partial charge in [0.25, 0.3) is 0 Å². The molecule has 0 spiro atoms. The summed E-state index contributed by atoms with van der Waals surface area (Å²) in [5, 5.41) is -0.465. The predicted octanol–water partition coefficient (Wildman–Crippen LogP) is 3.74. The van der Waals surface area contributed by atoms with Crippen LogP contribution in [0.1, 0.15) is 31.7 Å². The third-order valence-electron chi connectivity index (χ3n) is 4.26. The molecule has 6 heteroatoms. The number of hydrogen-bond acceptors (Lipinski definition) is 3. The van der Waals surface area contributed by atoms with Crippen molar-refractivity contribution in [2.75, 3.05) is 4.72 Å². The fraction of sp³-hybridized carbons (Fsp3) is 0.333. The average Bonchev–Trinajstić information content (AvgIpc) is 3.24. The summed E-state index contributed by atoms with van der Waals surface area (Å²) in [7, 11) is -3.33. The average molecular weight is 367 g/mol. The molecule has 3 N–H and O–H groups in total. The first-order chi connectivity index (χ1) is 10.9. The highest BCUT2D eigenvalue weighted by molar-refractivity contribution is 7.93. The van der Waals surface area contributed by atoms with E-state index in [2.05, 4.69) is 29.0 Å². The molecule has 1 saturated carbocycles. The molecule has 3 rings (SSSR count). The van der Waals surface area contributed by atoms with Gasteiger partial charge in [-0.2, -0.15) is 0 Å². The summed E-state index contributed by atoms with van der Waals surface area (Å²) >= 11 is 0. The van der Waals surface area contributed by atoms with E-state index >= 15 is 0 Å². The van der Waals surface area contributed by atoms with E-state index in [1.807, 2.05) is 18.2 Å². The first-order valence-electron chi connectivity index (χ1n) is 7.84. The standard InChI is InChI=1S/C18H22N2O2S.ClH/c1-12(2)23(21,22)20-16-5-3-4-15(10-16)13-6-8-14(9-7-13)17-11-18(17)19;/h3-10,12,17-18,20H,11,19H2,1-2H3;1H/t17-,18+;/m0./s1. The van der Waals surface area contributed by atoms with Gasteiger partial charge in [0.1, 0.15) is 0 Å². The van der Waals surface area contributed by atoms with Gasteiger partial charge in [0, 0.05) is 17.6 Å². The maximum Gasteiger partial charge on any atom is 0.235 e. The van der Waals surface area contributed by atoms with Gasteiger partial charge < -0.3 is 5.73 Å². The monoisotopic (exact) mass is 366 g/mol. The molecule has 24 heavy (non-hydrogen) atoms. The minimum atomic E-state index is -3.33. The second kappa shape index (κ2) is 7.13. The molecule has 0 bridgehead atoms. The van der Waals surface area contributed by atoms with Crippen LogP contribution in [0.5, 0.6) is 0 Å². The molecule has 0 unspecified atom stereocenters. The van der Waals surface area contributed by atoms with Crippen molar-refractivity contribution >= 4 is 28.1 Å². The Labute approximate surface area is 149 Å². The van der Waals surface area contributed by atoms with Crippen molar-refractivity contribution in [1.82, 2.24) is 0 Å². The van der Waals surface area contributed by atoms with Gasteiger partial charge in [-0.1, -0.05) is 36.4 Å². The fourth-order valence-corrected chi connectivity index (χ4v) is 3.26. The van der Waals surface area contributed by atoms with Crippen LogP contribution in [0.4, 0.5) is 5.69 Å². The summed E-state index contributed by atoms with van der Waals surface area (Å²) in [6.45, 7) is 3.32. The summed E-state index contributed by atoms with van der Waals surface area (Å²) in [6.07, 6.45) is 1.06. The van der Waals surface area contributed by atoms with Crippen molar-refractivity contribution in [3.8, 4) is 11.1 Å². The number of halogens is 1. The van der Waals surface area contributed by atoms with E-state index in [-0.39, 0.29) is 12.4 Å². The Morgan fingerprint density at radius 3 is 2.25 bits per heavy atom. The molecule has 0 aromatic heterocycles. The zero-order valence-electron chi connectivity index (χ0n) is 13.8. The second-order valence-electron chi connectivity index (χ2n) is 6.40. The van der Waals surface area contributed by atoms with E-state index in [1.165, 1.54) is 5.56 Å². The van der Waals surface area contributed by atoms with Crippen LogP contribution in [0.15, 0.2) is 48.5 Å². The van der Waals surface area contributed by atoms with Gasteiger partial charge >= 0.3 is 0 Å². The molecule has 2 aromatic carbocycles. The number of sulfonamides is 1. The van der Waals surface area contributed by atoms with Crippen LogP contribution in [-0.4, -0.2) is 19.7 Å². The highest BCUT2D eigenvalue weighted by Gasteiger charge is 2.34. The lowest BCUT2D eigenvalue weighted by molar-refractivity contribution is 0.593. The summed E-state index contributed by atoms with van der Waals surface area (Å²) in [6, 6.07) is 16.1. The molecule has 2 aromatic rings. The van der Waals surface area contributed by atoms with E-state index in [1.54, 1.807) is 19.9 Å². The minimum Gasteiger partial charge on any atom is -0.327 e. The highest BCUT2D eigenvalue weighted by Crippen LogP contribution is 2.39. The lowest BCUT2D eigenvalue weighted by Gasteiger charge is -2.12. The van der Waals surface area contributed by atoms with Crippen LogP contribution in [0.3, 0.4) is 0 Å². The Kier molecular flexibility index (Phi) is 5.58. The van der Waals surface area contributed by atoms with Gasteiger partial charge in [0.05, 0.1) is 5.25 Å². The lowest BCUT2D eigenvalue weighted by Crippen LogP contribution is -2.22. The SMILES string of the molecule is CC(C)S(=O)(=O)Nc1cccc(-c2ccc([C@@H]3C[C@H]3N)cc2)c1.Cl. The van der Waals surface area contributed by atoms with Gasteiger partial charge in [-0.15, -0.1) is 12.4 Å². The Balaban J connectivity index is 0.00000208. The second-order valence-corrected chi connectivity index (χ2v) is 8.64. The largest absolute Gasteiger partial charge is 0.327 e. The molecular weight excluding hydrogens is 344 g/mol. The Bertz CT molecular complexity index is 804. The number of nitrogens with two attached hydrogens (primary N) is 1. The first-order valence-corrected chi connectivity index (χ1v) is 9.39. The molecule has 0 heterocycles. The van der Waals surface area contributed by atoms with Gasteiger partial charge in [-0.3, -0.25) is 4.72 Å². The maximum absolute atomic E-state index is 12.0. The molecule has 1 aliphatic rings. The fourth-order valence-electron chi connectivity index (χ4n) is 2.57. The van der Waals surface area contributed by atoms with E-state index in [0.29, 0.717) is 17.6 Å². The van der Waals surface area contributed by atoms with E-state index in [0.717, 1.165) is 17.5 Å². The molecule has 2 atom stereocenters. The van der Waals surface area contributed by atoms with Crippen LogP contribution < -0.4 is 10.5 Å². The molecule has 0 amide bonds. The van der Waals surface area contributed by atoms with E-state index in [4.69, 9.17) is 5.73 Å². The molecular formula is C18H23ClN2O2S. The van der Waals surface area contributed by atoms with Crippen LogP contribution >= 0.6 is 12.4 Å². The number of benzene rings is 2. The predicted molar refractivity (Wildman–Crippen MR) is 102 cm³/mol. The van der Waals surface area contributed by atoms with Crippen molar-refractivity contribution in [1.29, 1.82) is 0 Å². The van der Waals surface area contributed by atoms with Crippen molar-refractivity contribution < 1.29 is 8.42 Å².